The quantitative estimate of drug-likeness (QED) is 0.0209. The Morgan fingerprint density at radius 2 is 0.745 bits per heavy atom. The number of aromatic hydroxyl groups is 10. The van der Waals surface area contributed by atoms with Gasteiger partial charge in [-0.05, 0) is 280 Å². The van der Waals surface area contributed by atoms with Crippen molar-refractivity contribution in [2.24, 2.45) is 23.5 Å². The largest absolute Gasteiger partial charge is 0.542 e. The number of carbonyl (C=O) groups excluding carboxylic acids is 3. The van der Waals surface area contributed by atoms with Crippen molar-refractivity contribution >= 4 is 66.3 Å². The third-order valence-electron chi connectivity index (χ3n) is 21.9. The van der Waals surface area contributed by atoms with Crippen molar-refractivity contribution in [2.75, 3.05) is 27.2 Å². The number of hydrogen-bond donors (Lipinski definition) is 11. The molecule has 0 spiro atoms. The van der Waals surface area contributed by atoms with Crippen molar-refractivity contribution in [1.82, 2.24) is 4.90 Å². The molecule has 12 rings (SSSR count). The van der Waals surface area contributed by atoms with E-state index in [9.17, 15) is 65.4 Å². The number of hydrogen-bond acceptors (Lipinski definition) is 16. The van der Waals surface area contributed by atoms with Crippen molar-refractivity contribution < 1.29 is 131 Å². The average molecular weight is 1830 g/mol. The van der Waals surface area contributed by atoms with Crippen molar-refractivity contribution in [2.45, 2.75) is 223 Å². The predicted molar refractivity (Wildman–Crippen MR) is 433 cm³/mol. The van der Waals surface area contributed by atoms with Gasteiger partial charge in [-0.2, -0.15) is 11.3 Å². The molecule has 0 unspecified atom stereocenters. The van der Waals surface area contributed by atoms with Crippen molar-refractivity contribution in [3.05, 3.63) is 177 Å². The summed E-state index contributed by atoms with van der Waals surface area (Å²) in [6, 6.07) is 33.0. The number of rotatable bonds is 14. The van der Waals surface area contributed by atoms with Crippen LogP contribution in [0.25, 0.3) is 0 Å². The number of aryl methyl sites for hydroxylation is 2. The van der Waals surface area contributed by atoms with Gasteiger partial charge in [0.05, 0.1) is 6.07 Å². The minimum Gasteiger partial charge on any atom is -0.542 e. The van der Waals surface area contributed by atoms with Crippen LogP contribution in [0.3, 0.4) is 0 Å². The molecule has 2 radical (unpaired) electrons. The molecule has 6 aromatic rings. The Labute approximate surface area is 714 Å². The van der Waals surface area contributed by atoms with Crippen LogP contribution in [0.15, 0.2) is 132 Å². The Morgan fingerprint density at radius 3 is 1.06 bits per heavy atom. The summed E-state index contributed by atoms with van der Waals surface area (Å²) in [5.74, 6) is 6.48. The second kappa shape index (κ2) is 49.9. The van der Waals surface area contributed by atoms with Gasteiger partial charge in [0.15, 0.2) is 0 Å². The second-order valence-corrected chi connectivity index (χ2v) is 29.5. The van der Waals surface area contributed by atoms with Crippen LogP contribution in [0.5, 0.6) is 57.5 Å². The van der Waals surface area contributed by atoms with Crippen molar-refractivity contribution in [1.29, 1.82) is 5.26 Å². The molecule has 0 bridgehead atoms. The van der Waals surface area contributed by atoms with Crippen molar-refractivity contribution in [3.63, 3.8) is 0 Å². The van der Waals surface area contributed by atoms with Crippen LogP contribution in [-0.4, -0.2) is 102 Å². The molecule has 6 aliphatic rings. The molecular formula is C86H113I2N3O13Y2-2. The summed E-state index contributed by atoms with van der Waals surface area (Å²) < 4.78 is 0. The fraction of sp³-hybridized carbons (Fsp3) is 0.488. The first-order valence-corrected chi connectivity index (χ1v) is 37.1. The van der Waals surface area contributed by atoms with Gasteiger partial charge in [0, 0.05) is 115 Å². The van der Waals surface area contributed by atoms with Gasteiger partial charge in [0.2, 0.25) is 0 Å². The van der Waals surface area contributed by atoms with Gasteiger partial charge >= 0.3 is 0 Å². The smallest absolute Gasteiger partial charge is 0.132 e. The number of nitriles is 1. The monoisotopic (exact) mass is 1830 g/mol. The van der Waals surface area contributed by atoms with Gasteiger partial charge in [-0.15, -0.1) is 54.4 Å². The first-order chi connectivity index (χ1) is 49.0. The Balaban J connectivity index is 0.000000328. The van der Waals surface area contributed by atoms with E-state index in [4.69, 9.17) is 11.0 Å². The van der Waals surface area contributed by atoms with Crippen LogP contribution < -0.4 is 5.73 Å². The molecule has 0 saturated heterocycles. The van der Waals surface area contributed by atoms with Gasteiger partial charge < -0.3 is 71.3 Å². The fourth-order valence-corrected chi connectivity index (χ4v) is 16.0. The third kappa shape index (κ3) is 31.3. The Kier molecular flexibility index (Phi) is 44.8. The maximum absolute atomic E-state index is 11.2. The molecule has 0 aliphatic heterocycles. The zero-order chi connectivity index (χ0) is 73.7. The molecule has 0 aromatic heterocycles. The molecule has 106 heavy (non-hydrogen) atoms. The molecule has 6 aromatic carbocycles. The van der Waals surface area contributed by atoms with Gasteiger partial charge in [-0.25, -0.2) is 5.57 Å². The average Bonchev–Trinajstić information content (AvgIpc) is 0.868. The normalized spacial score (nSPS) is 21.1. The number of ketones is 1. The molecule has 20 heteroatoms. The van der Waals surface area contributed by atoms with Crippen LogP contribution in [0, 0.1) is 42.9 Å². The van der Waals surface area contributed by atoms with E-state index in [0.29, 0.717) is 53.6 Å². The summed E-state index contributed by atoms with van der Waals surface area (Å²) in [5, 5.41) is 104. The zero-order valence-corrected chi connectivity index (χ0v) is 72.7. The van der Waals surface area contributed by atoms with Gasteiger partial charge in [0.25, 0.3) is 0 Å². The summed E-state index contributed by atoms with van der Waals surface area (Å²) in [5.41, 5.74) is 16.8. The molecule has 6 saturated carbocycles. The minimum atomic E-state index is 0. The Bertz CT molecular complexity index is 3730. The number of nitrogens with two attached hydrogens (primary N) is 1. The number of carbonyl (C=O) groups is 1. The van der Waals surface area contributed by atoms with Gasteiger partial charge in [-0.1, -0.05) is 104 Å². The Hall–Kier alpha value is -5.11. The van der Waals surface area contributed by atoms with Gasteiger partial charge in [-0.3, -0.25) is 11.1 Å². The fourth-order valence-electron chi connectivity index (χ4n) is 16.0. The first-order valence-electron chi connectivity index (χ1n) is 37.1. The molecular weight excluding hydrogens is 1710 g/mol. The van der Waals surface area contributed by atoms with E-state index in [-0.39, 0.29) is 171 Å². The summed E-state index contributed by atoms with van der Waals surface area (Å²) in [4.78, 5) is 34.0. The topological polar surface area (TPSA) is 307 Å². The first kappa shape index (κ1) is 95.1. The zero-order valence-electron chi connectivity index (χ0n) is 62.4. The summed E-state index contributed by atoms with van der Waals surface area (Å²) in [6.07, 6.45) is 34.3. The van der Waals surface area contributed by atoms with E-state index in [2.05, 4.69) is 57.1 Å². The number of phenolic OH excluding ortho intramolecular Hbond substituents is 10. The van der Waals surface area contributed by atoms with E-state index in [0.717, 1.165) is 187 Å². The maximum atomic E-state index is 11.2. The van der Waals surface area contributed by atoms with Crippen LogP contribution in [0.1, 0.15) is 253 Å². The molecule has 0 amide bonds. The van der Waals surface area contributed by atoms with E-state index < -0.39 is 0 Å². The molecule has 6 aliphatic carbocycles. The molecule has 16 nitrogen and oxygen atoms in total. The van der Waals surface area contributed by atoms with Gasteiger partial charge in [0.1, 0.15) is 63.3 Å². The van der Waals surface area contributed by atoms with Crippen LogP contribution in [0.2, 0.25) is 0 Å². The molecule has 572 valence electrons. The Morgan fingerprint density at radius 1 is 0.434 bits per heavy atom. The van der Waals surface area contributed by atoms with E-state index in [1.54, 1.807) is 54.6 Å². The number of benzene rings is 6. The second-order valence-electron chi connectivity index (χ2n) is 29.5. The minimum absolute atomic E-state index is 0. The summed E-state index contributed by atoms with van der Waals surface area (Å²) in [7, 11) is 4.25. The van der Waals surface area contributed by atoms with E-state index >= 15 is 0 Å². The third-order valence-corrected chi connectivity index (χ3v) is 21.9. The van der Waals surface area contributed by atoms with E-state index in [1.807, 2.05) is 24.7 Å². The van der Waals surface area contributed by atoms with Crippen LogP contribution in [-0.2, 0) is 79.8 Å². The van der Waals surface area contributed by atoms with E-state index in [1.165, 1.54) is 97.3 Å². The number of allylic oxidation sites excluding steroid dienone is 4. The number of phenols is 10. The number of halogens is 2. The standard InChI is InChI=1S/C16H25NO2.C14H21NO2.C14H15NO2.C14H17O3.C14H15O3.C14H18O.2HI.2Y/c1-17(2)10-9-12-3-5-13(6-4-12)15-8-7-14(18)11-16(15)19;4*15-8-7-10-1-3-11(4-2-10)13-6-5-12(16)9-14(13)17;1-10-3-8-14(11(2)9-10)12-4-6-13(15)7-5-12;;;;/h7-8,11-13,18-19H,3-6,9-10H2,1-2H3;5-6,9-11,16-17H,1-4,7-8,15H2;5-7,9,11,16-17H,1-4H2;5-6,9-11,16-17H,1-4,7H2;5-7,9,11,16-17H,1-4H2;3,8-9,12H,4-7H2,1-2H3;2*1H;;/q;;;2*-1;;;;;. The van der Waals surface area contributed by atoms with Crippen LogP contribution >= 0.6 is 48.0 Å². The summed E-state index contributed by atoms with van der Waals surface area (Å²) >= 11 is 0. The molecule has 12 N–H and O–H groups in total. The molecule has 6 fully saturated rings. The number of nitrogens with zero attached hydrogens (tertiary/aromatic N) is 2. The SMILES string of the molecule is CN(C)CCC1CCC(c2ccc(O)cc2O)CC1.Cc1ccc(C2CCC(=O)CC2)c(C)c1.I.I.N#CC=C1CCC(c2ccc(O)cc2O)CC1.NCCC1CCC(c2ccc(O)cc2O)CC1.O=[C-]C=C1CCC(c2ccc(O)cc2O)CC1.O=[C-]CC1CCC(c2ccc(O)cc2O)CC1.[Y].[Y]. The predicted octanol–water partition coefficient (Wildman–Crippen LogP) is 19.7. The maximum Gasteiger partial charge on any atom is 0.132 e. The summed E-state index contributed by atoms with van der Waals surface area (Å²) in [6.45, 7) is 6.25. The number of Topliss-reactive ketones (excluding diaryl/α,β-unsaturated/α-hetero) is 1. The molecule has 0 atom stereocenters. The van der Waals surface area contributed by atoms with Crippen LogP contribution in [0.4, 0.5) is 0 Å². The molecule has 0 heterocycles. The van der Waals surface area contributed by atoms with Crippen molar-refractivity contribution in [3.8, 4) is 63.6 Å².